The Labute approximate surface area is 220 Å². The highest BCUT2D eigenvalue weighted by atomic mass is 35.5. The summed E-state index contributed by atoms with van der Waals surface area (Å²) < 4.78 is 12.8. The lowest BCUT2D eigenvalue weighted by Gasteiger charge is -2.40. The molecule has 0 bridgehead atoms. The number of likely N-dealkylation sites (tertiary alicyclic amines) is 1. The predicted octanol–water partition coefficient (Wildman–Crippen LogP) is 5.95. The molecule has 3 aromatic carbocycles. The van der Waals surface area contributed by atoms with Gasteiger partial charge in [0.25, 0.3) is 11.9 Å². The lowest BCUT2D eigenvalue weighted by molar-refractivity contribution is -0.131. The van der Waals surface area contributed by atoms with Crippen LogP contribution in [0.4, 0.5) is 0 Å². The normalized spacial score (nSPS) is 19.8. The van der Waals surface area contributed by atoms with Gasteiger partial charge >= 0.3 is 0 Å². The molecule has 3 aromatic rings. The zero-order chi connectivity index (χ0) is 24.8. The van der Waals surface area contributed by atoms with E-state index in [0.29, 0.717) is 48.6 Å². The number of fused-ring (bicyclic) bond motifs is 2. The maximum Gasteiger partial charge on any atom is 0.296 e. The molecule has 0 N–H and O–H groups in total. The Hall–Kier alpha value is -2.86. The van der Waals surface area contributed by atoms with Crippen LogP contribution in [0, 0.1) is 0 Å². The van der Waals surface area contributed by atoms with E-state index in [1.54, 1.807) is 0 Å². The van der Waals surface area contributed by atoms with Crippen molar-refractivity contribution in [3.8, 4) is 0 Å². The zero-order valence-corrected chi connectivity index (χ0v) is 21.3. The maximum absolute atomic E-state index is 13.5. The zero-order valence-electron chi connectivity index (χ0n) is 19.8. The molecule has 7 heteroatoms. The number of ether oxygens (including phenoxy) is 2. The second-order valence-electron chi connectivity index (χ2n) is 9.83. The number of piperidine rings is 1. The number of amides is 1. The van der Waals surface area contributed by atoms with Crippen molar-refractivity contribution in [2.24, 2.45) is 4.99 Å². The monoisotopic (exact) mass is 520 g/mol. The molecule has 3 aliphatic heterocycles. The number of rotatable bonds is 4. The highest BCUT2D eigenvalue weighted by Crippen LogP contribution is 2.44. The summed E-state index contributed by atoms with van der Waals surface area (Å²) in [5.41, 5.74) is 3.09. The van der Waals surface area contributed by atoms with Gasteiger partial charge in [-0.05, 0) is 59.4 Å². The Morgan fingerprint density at radius 3 is 2.03 bits per heavy atom. The van der Waals surface area contributed by atoms with E-state index in [4.69, 9.17) is 32.7 Å². The van der Waals surface area contributed by atoms with Crippen LogP contribution in [0.5, 0.6) is 0 Å². The van der Waals surface area contributed by atoms with Crippen molar-refractivity contribution in [2.45, 2.75) is 43.5 Å². The third-order valence-corrected chi connectivity index (χ3v) is 8.04. The minimum absolute atomic E-state index is 0.259. The third kappa shape index (κ3) is 4.30. The molecule has 0 atom stereocenters. The molecule has 0 aliphatic carbocycles. The van der Waals surface area contributed by atoms with Crippen molar-refractivity contribution in [1.29, 1.82) is 0 Å². The van der Waals surface area contributed by atoms with Gasteiger partial charge in [0.1, 0.15) is 0 Å². The van der Waals surface area contributed by atoms with E-state index in [0.717, 1.165) is 24.0 Å². The topological polar surface area (TPSA) is 51.1 Å². The van der Waals surface area contributed by atoms with Gasteiger partial charge in [0.15, 0.2) is 0 Å². The van der Waals surface area contributed by atoms with Crippen molar-refractivity contribution in [3.63, 3.8) is 0 Å². The molecule has 6 rings (SSSR count). The molecule has 1 saturated heterocycles. The molecular formula is C29H26Cl2N2O3. The molecule has 3 heterocycles. The molecule has 0 radical (unpaired) electrons. The maximum atomic E-state index is 13.5. The number of hydrogen-bond donors (Lipinski definition) is 0. The molecule has 0 aromatic heterocycles. The molecule has 3 aliphatic rings. The fourth-order valence-corrected chi connectivity index (χ4v) is 5.82. The number of amidine groups is 1. The first-order chi connectivity index (χ1) is 17.4. The summed E-state index contributed by atoms with van der Waals surface area (Å²) in [5.74, 6) is -0.259. The Morgan fingerprint density at radius 1 is 0.833 bits per heavy atom. The van der Waals surface area contributed by atoms with Crippen LogP contribution in [-0.2, 0) is 39.3 Å². The van der Waals surface area contributed by atoms with Crippen LogP contribution in [0.3, 0.4) is 0 Å². The number of carbonyl (C=O) groups is 1. The second-order valence-corrected chi connectivity index (χ2v) is 10.7. The van der Waals surface area contributed by atoms with E-state index in [9.17, 15) is 4.79 Å². The number of halogens is 2. The fraction of sp³-hybridized carbons (Fsp3) is 0.310. The van der Waals surface area contributed by atoms with Gasteiger partial charge in [-0.1, -0.05) is 71.7 Å². The molecule has 0 saturated carbocycles. The van der Waals surface area contributed by atoms with Crippen LogP contribution >= 0.6 is 23.2 Å². The summed E-state index contributed by atoms with van der Waals surface area (Å²) in [7, 11) is 0. The molecular weight excluding hydrogens is 495 g/mol. The molecule has 36 heavy (non-hydrogen) atoms. The third-order valence-electron chi connectivity index (χ3n) is 7.53. The van der Waals surface area contributed by atoms with Gasteiger partial charge in [-0.15, -0.1) is 0 Å². The number of aliphatic imine (C=N–C) groups is 1. The van der Waals surface area contributed by atoms with Gasteiger partial charge < -0.3 is 14.4 Å². The van der Waals surface area contributed by atoms with Crippen LogP contribution in [-0.4, -0.2) is 35.5 Å². The Kier molecular flexibility index (Phi) is 6.03. The minimum Gasteiger partial charge on any atom is -0.447 e. The van der Waals surface area contributed by atoms with E-state index >= 15 is 0 Å². The summed E-state index contributed by atoms with van der Waals surface area (Å²) in [4.78, 5) is 20.0. The van der Waals surface area contributed by atoms with Crippen molar-refractivity contribution in [1.82, 2.24) is 4.90 Å². The van der Waals surface area contributed by atoms with Crippen LogP contribution in [0.2, 0.25) is 10.0 Å². The van der Waals surface area contributed by atoms with Crippen molar-refractivity contribution in [3.05, 3.63) is 105 Å². The highest BCUT2D eigenvalue weighted by molar-refractivity contribution is 6.30. The average molecular weight is 521 g/mol. The average Bonchev–Trinajstić information content (AvgIpc) is 3.40. The van der Waals surface area contributed by atoms with Crippen LogP contribution in [0.25, 0.3) is 0 Å². The standard InChI is InChI=1S/C29H26Cl2N2O3/c30-23-9-5-20(6-10-23)17-29(18-21-7-11-24(31)12-8-21)26(34)32-27(36-29)33-15-13-28(14-16-33)25-4-2-1-3-22(25)19-35-28/h1-12H,13-19H2. The first kappa shape index (κ1) is 23.5. The largest absolute Gasteiger partial charge is 0.447 e. The quantitative estimate of drug-likeness (QED) is 0.426. The van der Waals surface area contributed by atoms with Gasteiger partial charge in [-0.3, -0.25) is 4.79 Å². The smallest absolute Gasteiger partial charge is 0.296 e. The molecule has 1 amide bonds. The van der Waals surface area contributed by atoms with Crippen molar-refractivity contribution in [2.75, 3.05) is 13.1 Å². The molecule has 0 unspecified atom stereocenters. The SMILES string of the molecule is O=C1N=C(N2CCC3(CC2)OCc2ccccc23)OC1(Cc1ccc(Cl)cc1)Cc1ccc(Cl)cc1. The lowest BCUT2D eigenvalue weighted by Crippen LogP contribution is -2.48. The number of hydrogen-bond acceptors (Lipinski definition) is 4. The fourth-order valence-electron chi connectivity index (χ4n) is 5.57. The van der Waals surface area contributed by atoms with E-state index in [2.05, 4.69) is 34.2 Å². The molecule has 5 nitrogen and oxygen atoms in total. The number of nitrogens with zero attached hydrogens (tertiary/aromatic N) is 2. The molecule has 1 fully saturated rings. The summed E-state index contributed by atoms with van der Waals surface area (Å²) in [5, 5.41) is 1.30. The Morgan fingerprint density at radius 2 is 1.42 bits per heavy atom. The van der Waals surface area contributed by atoms with E-state index in [1.807, 2.05) is 48.5 Å². The Bertz CT molecular complexity index is 1270. The van der Waals surface area contributed by atoms with Crippen LogP contribution in [0.15, 0.2) is 77.8 Å². The van der Waals surface area contributed by atoms with Crippen molar-refractivity contribution >= 4 is 35.1 Å². The van der Waals surface area contributed by atoms with Gasteiger partial charge in [-0.25, -0.2) is 0 Å². The van der Waals surface area contributed by atoms with Crippen LogP contribution < -0.4 is 0 Å². The number of carbonyl (C=O) groups excluding carboxylic acids is 1. The van der Waals surface area contributed by atoms with E-state index in [1.165, 1.54) is 11.1 Å². The van der Waals surface area contributed by atoms with E-state index < -0.39 is 5.60 Å². The summed E-state index contributed by atoms with van der Waals surface area (Å²) in [6.07, 6.45) is 2.43. The Balaban J connectivity index is 1.23. The summed E-state index contributed by atoms with van der Waals surface area (Å²) >= 11 is 12.2. The molecule has 1 spiro atoms. The van der Waals surface area contributed by atoms with Gasteiger partial charge in [-0.2, -0.15) is 4.99 Å². The van der Waals surface area contributed by atoms with Crippen molar-refractivity contribution < 1.29 is 14.3 Å². The summed E-state index contributed by atoms with van der Waals surface area (Å²) in [6, 6.07) is 23.9. The van der Waals surface area contributed by atoms with Crippen LogP contribution in [0.1, 0.15) is 35.1 Å². The first-order valence-electron chi connectivity index (χ1n) is 12.2. The van der Waals surface area contributed by atoms with Gasteiger partial charge in [0.2, 0.25) is 5.60 Å². The highest BCUT2D eigenvalue weighted by Gasteiger charge is 2.50. The molecule has 184 valence electrons. The second kappa shape index (κ2) is 9.22. The van der Waals surface area contributed by atoms with Gasteiger partial charge in [0.05, 0.1) is 12.2 Å². The summed E-state index contributed by atoms with van der Waals surface area (Å²) in [6.45, 7) is 2.06. The number of benzene rings is 3. The predicted molar refractivity (Wildman–Crippen MR) is 140 cm³/mol. The van der Waals surface area contributed by atoms with E-state index in [-0.39, 0.29) is 11.5 Å². The minimum atomic E-state index is -1.12. The van der Waals surface area contributed by atoms with Gasteiger partial charge in [0, 0.05) is 36.0 Å². The first-order valence-corrected chi connectivity index (χ1v) is 13.0. The lowest BCUT2D eigenvalue weighted by atomic mass is 9.84.